The number of rotatable bonds is 2. The van der Waals surface area contributed by atoms with Crippen molar-refractivity contribution >= 4 is 41.5 Å². The molecule has 0 spiro atoms. The second-order valence-corrected chi connectivity index (χ2v) is 4.29. The molecule has 3 nitrogen and oxygen atoms in total. The molecule has 0 aliphatic carbocycles. The molecule has 0 aliphatic heterocycles. The minimum Gasteiger partial charge on any atom is -0.366 e. The third-order valence-corrected chi connectivity index (χ3v) is 3.12. The van der Waals surface area contributed by atoms with Crippen LogP contribution < -0.4 is 5.73 Å². The van der Waals surface area contributed by atoms with Gasteiger partial charge in [0.1, 0.15) is 0 Å². The molecular formula is C16H14Cl2N2O. The highest BCUT2D eigenvalue weighted by molar-refractivity contribution is 6.04. The minimum atomic E-state index is -0.462. The molecule has 0 atom stereocenters. The Balaban J connectivity index is 0.00000110. The lowest BCUT2D eigenvalue weighted by molar-refractivity contribution is 0.100. The maximum atomic E-state index is 11.5. The van der Waals surface area contributed by atoms with Crippen molar-refractivity contribution in [1.82, 2.24) is 4.98 Å². The van der Waals surface area contributed by atoms with Crippen LogP contribution in [-0.2, 0) is 0 Å². The first-order chi connectivity index (χ1) is 9.27. The van der Waals surface area contributed by atoms with Gasteiger partial charge in [-0.15, -0.1) is 24.8 Å². The number of carbonyl (C=O) groups excluding carboxylic acids is 1. The van der Waals surface area contributed by atoms with Crippen molar-refractivity contribution in [3.05, 3.63) is 66.4 Å². The molecule has 108 valence electrons. The summed E-state index contributed by atoms with van der Waals surface area (Å²) in [4.78, 5) is 15.8. The monoisotopic (exact) mass is 320 g/mol. The summed E-state index contributed by atoms with van der Waals surface area (Å²) in [7, 11) is 0. The molecule has 0 saturated heterocycles. The number of benzene rings is 2. The predicted octanol–water partition coefficient (Wildman–Crippen LogP) is 3.84. The van der Waals surface area contributed by atoms with E-state index in [2.05, 4.69) is 4.98 Å². The van der Waals surface area contributed by atoms with Crippen LogP contribution in [0.2, 0.25) is 0 Å². The van der Waals surface area contributed by atoms with Gasteiger partial charge in [-0.1, -0.05) is 42.5 Å². The standard InChI is InChI=1S/C16H12N2O.2ClH/c17-16(19)14-9-4-10-18-15(14)13-8-3-6-11-5-1-2-7-12(11)13;;/h1-10H,(H2,17,19);2*1H. The number of hydrogen-bond donors (Lipinski definition) is 1. The van der Waals surface area contributed by atoms with E-state index in [1.165, 1.54) is 0 Å². The van der Waals surface area contributed by atoms with E-state index in [4.69, 9.17) is 5.73 Å². The van der Waals surface area contributed by atoms with Crippen molar-refractivity contribution in [3.8, 4) is 11.3 Å². The number of carbonyl (C=O) groups is 1. The number of pyridine rings is 1. The van der Waals surface area contributed by atoms with E-state index in [0.717, 1.165) is 16.3 Å². The topological polar surface area (TPSA) is 56.0 Å². The molecule has 0 fully saturated rings. The largest absolute Gasteiger partial charge is 0.366 e. The SMILES string of the molecule is Cl.Cl.NC(=O)c1cccnc1-c1cccc2ccccc12. The molecule has 0 saturated carbocycles. The summed E-state index contributed by atoms with van der Waals surface area (Å²) in [6.07, 6.45) is 1.67. The lowest BCUT2D eigenvalue weighted by atomic mass is 9.99. The van der Waals surface area contributed by atoms with Gasteiger partial charge in [-0.3, -0.25) is 9.78 Å². The molecule has 3 aromatic rings. The lowest BCUT2D eigenvalue weighted by Gasteiger charge is -2.08. The average Bonchev–Trinajstić information content (AvgIpc) is 2.46. The number of fused-ring (bicyclic) bond motifs is 1. The molecule has 0 radical (unpaired) electrons. The molecule has 0 bridgehead atoms. The molecule has 21 heavy (non-hydrogen) atoms. The Bertz CT molecular complexity index is 770. The number of amides is 1. The van der Waals surface area contributed by atoms with Gasteiger partial charge < -0.3 is 5.73 Å². The normalized spacial score (nSPS) is 9.52. The molecule has 0 aliphatic rings. The average molecular weight is 321 g/mol. The number of nitrogens with zero attached hydrogens (tertiary/aromatic N) is 1. The summed E-state index contributed by atoms with van der Waals surface area (Å²) in [6.45, 7) is 0. The summed E-state index contributed by atoms with van der Waals surface area (Å²) in [5, 5.41) is 2.17. The third kappa shape index (κ3) is 3.15. The highest BCUT2D eigenvalue weighted by Gasteiger charge is 2.12. The molecule has 0 unspecified atom stereocenters. The zero-order chi connectivity index (χ0) is 13.2. The summed E-state index contributed by atoms with van der Waals surface area (Å²) in [6, 6.07) is 17.4. The predicted molar refractivity (Wildman–Crippen MR) is 90.2 cm³/mol. The van der Waals surface area contributed by atoms with Crippen LogP contribution in [-0.4, -0.2) is 10.9 Å². The summed E-state index contributed by atoms with van der Waals surface area (Å²) >= 11 is 0. The zero-order valence-electron chi connectivity index (χ0n) is 11.0. The number of hydrogen-bond acceptors (Lipinski definition) is 2. The highest BCUT2D eigenvalue weighted by Crippen LogP contribution is 2.29. The van der Waals surface area contributed by atoms with Crippen molar-refractivity contribution in [2.24, 2.45) is 5.73 Å². The highest BCUT2D eigenvalue weighted by atomic mass is 35.5. The summed E-state index contributed by atoms with van der Waals surface area (Å²) < 4.78 is 0. The fraction of sp³-hybridized carbons (Fsp3) is 0. The van der Waals surface area contributed by atoms with E-state index in [9.17, 15) is 4.79 Å². The van der Waals surface area contributed by atoms with Gasteiger partial charge in [-0.05, 0) is 22.9 Å². The molecule has 3 rings (SSSR count). The number of aromatic nitrogens is 1. The van der Waals surface area contributed by atoms with Gasteiger partial charge in [0.15, 0.2) is 0 Å². The fourth-order valence-corrected chi connectivity index (χ4v) is 2.25. The van der Waals surface area contributed by atoms with Crippen LogP contribution in [0.15, 0.2) is 60.8 Å². The van der Waals surface area contributed by atoms with Crippen LogP contribution in [0.4, 0.5) is 0 Å². The van der Waals surface area contributed by atoms with Gasteiger partial charge in [0.05, 0.1) is 11.3 Å². The van der Waals surface area contributed by atoms with E-state index in [1.54, 1.807) is 18.3 Å². The molecular weight excluding hydrogens is 307 g/mol. The Morgan fingerprint density at radius 3 is 2.38 bits per heavy atom. The van der Waals surface area contributed by atoms with E-state index in [1.807, 2.05) is 42.5 Å². The smallest absolute Gasteiger partial charge is 0.250 e. The fourth-order valence-electron chi connectivity index (χ4n) is 2.25. The first-order valence-electron chi connectivity index (χ1n) is 6.00. The van der Waals surface area contributed by atoms with Gasteiger partial charge in [0.25, 0.3) is 5.91 Å². The van der Waals surface area contributed by atoms with Gasteiger partial charge in [-0.2, -0.15) is 0 Å². The first-order valence-corrected chi connectivity index (χ1v) is 6.00. The number of nitrogens with two attached hydrogens (primary N) is 1. The van der Waals surface area contributed by atoms with Crippen molar-refractivity contribution < 1.29 is 4.79 Å². The van der Waals surface area contributed by atoms with Crippen molar-refractivity contribution in [3.63, 3.8) is 0 Å². The zero-order valence-corrected chi connectivity index (χ0v) is 12.7. The first kappa shape index (κ1) is 17.0. The van der Waals surface area contributed by atoms with E-state index < -0.39 is 5.91 Å². The van der Waals surface area contributed by atoms with E-state index in [0.29, 0.717) is 11.3 Å². The summed E-state index contributed by atoms with van der Waals surface area (Å²) in [5.41, 5.74) is 7.42. The van der Waals surface area contributed by atoms with Crippen molar-refractivity contribution in [1.29, 1.82) is 0 Å². The van der Waals surface area contributed by atoms with Gasteiger partial charge in [0.2, 0.25) is 0 Å². The second-order valence-electron chi connectivity index (χ2n) is 4.29. The third-order valence-electron chi connectivity index (χ3n) is 3.12. The molecule has 1 heterocycles. The van der Waals surface area contributed by atoms with E-state index >= 15 is 0 Å². The maximum Gasteiger partial charge on any atom is 0.250 e. The van der Waals surface area contributed by atoms with Crippen LogP contribution >= 0.6 is 24.8 Å². The second kappa shape index (κ2) is 7.07. The van der Waals surface area contributed by atoms with Gasteiger partial charge >= 0.3 is 0 Å². The number of primary amides is 1. The summed E-state index contributed by atoms with van der Waals surface area (Å²) in [5.74, 6) is -0.462. The minimum absolute atomic E-state index is 0. The molecule has 2 N–H and O–H groups in total. The van der Waals surface area contributed by atoms with Gasteiger partial charge in [0, 0.05) is 11.8 Å². The van der Waals surface area contributed by atoms with Crippen molar-refractivity contribution in [2.75, 3.05) is 0 Å². The van der Waals surface area contributed by atoms with Crippen molar-refractivity contribution in [2.45, 2.75) is 0 Å². The number of halogens is 2. The Kier molecular flexibility index (Phi) is 5.70. The van der Waals surface area contributed by atoms with E-state index in [-0.39, 0.29) is 24.8 Å². The van der Waals surface area contributed by atoms with Crippen LogP contribution in [0, 0.1) is 0 Å². The molecule has 1 aromatic heterocycles. The Hall–Kier alpha value is -2.10. The Morgan fingerprint density at radius 2 is 1.62 bits per heavy atom. The quantitative estimate of drug-likeness (QED) is 0.779. The maximum absolute atomic E-state index is 11.5. The molecule has 2 aromatic carbocycles. The van der Waals surface area contributed by atoms with Gasteiger partial charge in [-0.25, -0.2) is 0 Å². The van der Waals surface area contributed by atoms with Crippen LogP contribution in [0.1, 0.15) is 10.4 Å². The van der Waals surface area contributed by atoms with Crippen LogP contribution in [0.3, 0.4) is 0 Å². The van der Waals surface area contributed by atoms with Crippen LogP contribution in [0.5, 0.6) is 0 Å². The molecule has 1 amide bonds. The lowest BCUT2D eigenvalue weighted by Crippen LogP contribution is -2.13. The van der Waals surface area contributed by atoms with Crippen LogP contribution in [0.25, 0.3) is 22.0 Å². The Labute approximate surface area is 135 Å². The Morgan fingerprint density at radius 1 is 0.905 bits per heavy atom. The molecule has 5 heteroatoms.